The van der Waals surface area contributed by atoms with Crippen LogP contribution in [0.2, 0.25) is 0 Å². The maximum absolute atomic E-state index is 13.2. The van der Waals surface area contributed by atoms with Crippen LogP contribution in [0, 0.1) is 6.92 Å². The van der Waals surface area contributed by atoms with Gasteiger partial charge in [0.15, 0.2) is 0 Å². The van der Waals surface area contributed by atoms with Gasteiger partial charge in [-0.1, -0.05) is 17.7 Å². The van der Waals surface area contributed by atoms with Crippen molar-refractivity contribution in [3.63, 3.8) is 0 Å². The maximum atomic E-state index is 13.2. The molecule has 0 spiro atoms. The third-order valence-electron chi connectivity index (χ3n) is 5.39. The minimum absolute atomic E-state index is 0.0738. The summed E-state index contributed by atoms with van der Waals surface area (Å²) in [6.45, 7) is 11.3. The summed E-state index contributed by atoms with van der Waals surface area (Å²) in [5, 5.41) is 0. The third-order valence-corrected chi connectivity index (χ3v) is 7.08. The Kier molecular flexibility index (Phi) is 5.44. The Morgan fingerprint density at radius 1 is 1.10 bits per heavy atom. The highest BCUT2D eigenvalue weighted by Gasteiger charge is 2.52. The van der Waals surface area contributed by atoms with Crippen LogP contribution in [0.4, 0.5) is 0 Å². The minimum Gasteiger partial charge on any atom is -0.461 e. The molecule has 7 nitrogen and oxygen atoms in total. The van der Waals surface area contributed by atoms with Crippen LogP contribution in [0.5, 0.6) is 0 Å². The Morgan fingerprint density at radius 2 is 1.66 bits per heavy atom. The lowest BCUT2D eigenvalue weighted by molar-refractivity contribution is 0.00578. The number of hydrogen-bond donors (Lipinski definition) is 0. The van der Waals surface area contributed by atoms with Crippen molar-refractivity contribution < 1.29 is 27.3 Å². The van der Waals surface area contributed by atoms with Crippen molar-refractivity contribution in [3.05, 3.63) is 47.8 Å². The summed E-state index contributed by atoms with van der Waals surface area (Å²) >= 11 is 0. The molecule has 1 aromatic heterocycles. The summed E-state index contributed by atoms with van der Waals surface area (Å²) in [5.41, 5.74) is 0.0684. The molecule has 0 radical (unpaired) electrons. The number of rotatable bonds is 5. The first-order chi connectivity index (χ1) is 13.4. The van der Waals surface area contributed by atoms with Crippen molar-refractivity contribution >= 4 is 28.6 Å². The van der Waals surface area contributed by atoms with Gasteiger partial charge in [-0.15, -0.1) is 0 Å². The van der Waals surface area contributed by atoms with Crippen LogP contribution < -0.4 is 5.46 Å². The van der Waals surface area contributed by atoms with E-state index in [0.29, 0.717) is 5.46 Å². The molecule has 2 heterocycles. The second-order valence-corrected chi connectivity index (χ2v) is 9.90. The third kappa shape index (κ3) is 3.86. The van der Waals surface area contributed by atoms with E-state index in [9.17, 15) is 13.2 Å². The van der Waals surface area contributed by atoms with Gasteiger partial charge in [-0.05, 0) is 59.7 Å². The summed E-state index contributed by atoms with van der Waals surface area (Å²) in [4.78, 5) is 12.6. The van der Waals surface area contributed by atoms with Gasteiger partial charge in [0.05, 0.1) is 22.7 Å². The Bertz CT molecular complexity index is 1010. The first kappa shape index (κ1) is 21.6. The number of aromatic nitrogens is 1. The second-order valence-electron chi connectivity index (χ2n) is 8.08. The number of aryl methyl sites for hydroxylation is 1. The number of carbonyl (C=O) groups is 1. The average molecular weight is 419 g/mol. The Hall–Kier alpha value is -2.10. The van der Waals surface area contributed by atoms with E-state index in [0.717, 1.165) is 9.54 Å². The fourth-order valence-electron chi connectivity index (χ4n) is 2.95. The smallest absolute Gasteiger partial charge is 0.461 e. The van der Waals surface area contributed by atoms with Crippen LogP contribution in [0.1, 0.15) is 50.7 Å². The SMILES string of the molecule is CCOC(=O)c1cc(B2OC(C)(C)C(C)(C)O2)cn1S(=O)(=O)c1ccc(C)cc1. The molecule has 0 atom stereocenters. The van der Waals surface area contributed by atoms with E-state index in [1.165, 1.54) is 24.4 Å². The highest BCUT2D eigenvalue weighted by molar-refractivity contribution is 7.90. The molecular weight excluding hydrogens is 393 g/mol. The molecule has 9 heteroatoms. The van der Waals surface area contributed by atoms with E-state index in [1.807, 2.05) is 34.6 Å². The van der Waals surface area contributed by atoms with E-state index >= 15 is 0 Å². The number of benzene rings is 1. The molecular formula is C20H26BNO6S. The molecule has 3 rings (SSSR count). The molecule has 2 aromatic rings. The van der Waals surface area contributed by atoms with Crippen LogP contribution >= 0.6 is 0 Å². The lowest BCUT2D eigenvalue weighted by Crippen LogP contribution is -2.41. The van der Waals surface area contributed by atoms with Crippen molar-refractivity contribution in [1.29, 1.82) is 0 Å². The molecule has 1 aromatic carbocycles. The van der Waals surface area contributed by atoms with E-state index < -0.39 is 34.3 Å². The van der Waals surface area contributed by atoms with E-state index in [-0.39, 0.29) is 17.2 Å². The van der Waals surface area contributed by atoms with Crippen molar-refractivity contribution in [2.24, 2.45) is 0 Å². The molecule has 0 unspecified atom stereocenters. The molecule has 1 aliphatic heterocycles. The first-order valence-corrected chi connectivity index (χ1v) is 10.9. The van der Waals surface area contributed by atoms with Gasteiger partial charge in [-0.2, -0.15) is 0 Å². The fraction of sp³-hybridized carbons (Fsp3) is 0.450. The van der Waals surface area contributed by atoms with Crippen molar-refractivity contribution in [2.45, 2.75) is 57.6 Å². The minimum atomic E-state index is -4.01. The van der Waals surface area contributed by atoms with Gasteiger partial charge in [0.25, 0.3) is 10.0 Å². The van der Waals surface area contributed by atoms with Gasteiger partial charge in [-0.3, -0.25) is 0 Å². The van der Waals surface area contributed by atoms with Gasteiger partial charge in [0, 0.05) is 11.7 Å². The summed E-state index contributed by atoms with van der Waals surface area (Å²) in [6.07, 6.45) is 1.36. The highest BCUT2D eigenvalue weighted by Crippen LogP contribution is 2.36. The fourth-order valence-corrected chi connectivity index (χ4v) is 4.30. The lowest BCUT2D eigenvalue weighted by atomic mass is 9.81. The normalized spacial score (nSPS) is 18.1. The molecule has 0 bridgehead atoms. The average Bonchev–Trinajstić information content (AvgIpc) is 3.15. The molecule has 1 aliphatic rings. The van der Waals surface area contributed by atoms with Crippen LogP contribution in [0.25, 0.3) is 0 Å². The molecule has 1 saturated heterocycles. The predicted molar refractivity (Wildman–Crippen MR) is 110 cm³/mol. The summed E-state index contributed by atoms with van der Waals surface area (Å²) in [6, 6.07) is 7.87. The van der Waals surface area contributed by atoms with E-state index in [1.54, 1.807) is 19.1 Å². The molecule has 0 aliphatic carbocycles. The zero-order valence-corrected chi connectivity index (χ0v) is 18.4. The van der Waals surface area contributed by atoms with Crippen molar-refractivity contribution in [3.8, 4) is 0 Å². The van der Waals surface area contributed by atoms with Gasteiger partial charge in [0.1, 0.15) is 5.69 Å². The topological polar surface area (TPSA) is 83.8 Å². The number of esters is 1. The number of carbonyl (C=O) groups excluding carboxylic acids is 1. The van der Waals surface area contributed by atoms with Gasteiger partial charge in [0.2, 0.25) is 0 Å². The quantitative estimate of drug-likeness (QED) is 0.547. The molecule has 1 fully saturated rings. The lowest BCUT2D eigenvalue weighted by Gasteiger charge is -2.32. The largest absolute Gasteiger partial charge is 0.496 e. The Morgan fingerprint density at radius 3 is 2.17 bits per heavy atom. The molecule has 156 valence electrons. The monoisotopic (exact) mass is 419 g/mol. The van der Waals surface area contributed by atoms with Crippen LogP contribution in [-0.4, -0.2) is 43.3 Å². The summed E-state index contributed by atoms with van der Waals surface area (Å²) in [7, 11) is -4.81. The summed E-state index contributed by atoms with van der Waals surface area (Å²) in [5.74, 6) is -0.731. The molecule has 29 heavy (non-hydrogen) atoms. The zero-order valence-electron chi connectivity index (χ0n) is 17.6. The zero-order chi connectivity index (χ0) is 21.6. The van der Waals surface area contributed by atoms with Gasteiger partial charge >= 0.3 is 13.1 Å². The van der Waals surface area contributed by atoms with E-state index in [4.69, 9.17) is 14.0 Å². The first-order valence-electron chi connectivity index (χ1n) is 9.46. The molecule has 0 saturated carbocycles. The van der Waals surface area contributed by atoms with E-state index in [2.05, 4.69) is 0 Å². The summed E-state index contributed by atoms with van der Waals surface area (Å²) < 4.78 is 44.5. The number of ether oxygens (including phenoxy) is 1. The molecule has 0 amide bonds. The predicted octanol–water partition coefficient (Wildman–Crippen LogP) is 2.51. The van der Waals surface area contributed by atoms with Crippen LogP contribution in [0.3, 0.4) is 0 Å². The van der Waals surface area contributed by atoms with Crippen molar-refractivity contribution in [1.82, 2.24) is 3.97 Å². The number of nitrogens with zero attached hydrogens (tertiary/aromatic N) is 1. The standard InChI is InChI=1S/C20H26BNO6S/c1-7-26-18(23)17-12-15(21-27-19(3,4)20(5,6)28-21)13-22(17)29(24,25)16-10-8-14(2)9-11-16/h8-13H,7H2,1-6H3. The number of hydrogen-bond acceptors (Lipinski definition) is 6. The van der Waals surface area contributed by atoms with Gasteiger partial charge in [-0.25, -0.2) is 17.2 Å². The van der Waals surface area contributed by atoms with Crippen molar-refractivity contribution in [2.75, 3.05) is 6.61 Å². The maximum Gasteiger partial charge on any atom is 0.496 e. The molecule has 0 N–H and O–H groups in total. The Labute approximate surface area is 172 Å². The van der Waals surface area contributed by atoms with Crippen LogP contribution in [-0.2, 0) is 24.1 Å². The second kappa shape index (κ2) is 7.30. The van der Waals surface area contributed by atoms with Gasteiger partial charge < -0.3 is 14.0 Å². The highest BCUT2D eigenvalue weighted by atomic mass is 32.2. The Balaban J connectivity index is 2.09. The van der Waals surface area contributed by atoms with Crippen LogP contribution in [0.15, 0.2) is 41.4 Å².